The van der Waals surface area contributed by atoms with Crippen molar-refractivity contribution < 1.29 is 4.74 Å². The van der Waals surface area contributed by atoms with Gasteiger partial charge in [-0.15, -0.1) is 0 Å². The first-order chi connectivity index (χ1) is 9.51. The van der Waals surface area contributed by atoms with E-state index in [1.165, 1.54) is 22.3 Å². The number of hydrogen-bond acceptors (Lipinski definition) is 4. The van der Waals surface area contributed by atoms with Crippen molar-refractivity contribution in [2.24, 2.45) is 5.84 Å². The molecular formula is C16H27N3O. The van der Waals surface area contributed by atoms with Gasteiger partial charge >= 0.3 is 0 Å². The minimum Gasteiger partial charge on any atom is -0.374 e. The van der Waals surface area contributed by atoms with E-state index in [1.807, 2.05) is 0 Å². The molecule has 0 spiro atoms. The Balaban J connectivity index is 2.14. The molecule has 1 aliphatic heterocycles. The normalized spacial score (nSPS) is 21.9. The highest BCUT2D eigenvalue weighted by Crippen LogP contribution is 2.20. The maximum absolute atomic E-state index is 5.89. The molecule has 0 amide bonds. The molecule has 0 saturated carbocycles. The molecule has 2 atom stereocenters. The van der Waals surface area contributed by atoms with E-state index in [0.29, 0.717) is 0 Å². The van der Waals surface area contributed by atoms with Crippen molar-refractivity contribution in [2.75, 3.05) is 26.7 Å². The van der Waals surface area contributed by atoms with Gasteiger partial charge in [-0.05, 0) is 50.9 Å². The minimum atomic E-state index is 0.151. The molecule has 0 aromatic heterocycles. The Morgan fingerprint density at radius 3 is 2.55 bits per heavy atom. The van der Waals surface area contributed by atoms with Crippen LogP contribution in [0.1, 0.15) is 22.3 Å². The van der Waals surface area contributed by atoms with E-state index in [1.54, 1.807) is 0 Å². The van der Waals surface area contributed by atoms with Crippen molar-refractivity contribution in [3.63, 3.8) is 0 Å². The van der Waals surface area contributed by atoms with Crippen molar-refractivity contribution >= 4 is 0 Å². The molecule has 2 rings (SSSR count). The summed E-state index contributed by atoms with van der Waals surface area (Å²) in [6.45, 7) is 9.20. The monoisotopic (exact) mass is 277 g/mol. The predicted molar refractivity (Wildman–Crippen MR) is 82.7 cm³/mol. The van der Waals surface area contributed by atoms with Crippen LogP contribution >= 0.6 is 0 Å². The fourth-order valence-corrected chi connectivity index (χ4v) is 3.10. The summed E-state index contributed by atoms with van der Waals surface area (Å²) in [5.41, 5.74) is 8.34. The number of nitrogens with one attached hydrogen (secondary N) is 1. The number of nitrogens with two attached hydrogens (primary N) is 1. The van der Waals surface area contributed by atoms with Gasteiger partial charge in [-0.3, -0.25) is 11.3 Å². The molecule has 112 valence electrons. The number of morpholine rings is 1. The van der Waals surface area contributed by atoms with Gasteiger partial charge in [0.2, 0.25) is 0 Å². The third-order valence-corrected chi connectivity index (χ3v) is 4.22. The van der Waals surface area contributed by atoms with Crippen LogP contribution in [0.4, 0.5) is 0 Å². The highest BCUT2D eigenvalue weighted by atomic mass is 16.5. The summed E-state index contributed by atoms with van der Waals surface area (Å²) >= 11 is 0. The van der Waals surface area contributed by atoms with Crippen LogP contribution in [0.25, 0.3) is 0 Å². The predicted octanol–water partition coefficient (Wildman–Crippen LogP) is 1.32. The molecule has 0 aliphatic carbocycles. The fraction of sp³-hybridized carbons (Fsp3) is 0.625. The summed E-state index contributed by atoms with van der Waals surface area (Å²) in [5.74, 6) is 5.78. The van der Waals surface area contributed by atoms with Crippen LogP contribution in [-0.2, 0) is 11.2 Å². The second kappa shape index (κ2) is 6.68. The zero-order chi connectivity index (χ0) is 14.7. The molecule has 4 nitrogen and oxygen atoms in total. The van der Waals surface area contributed by atoms with Gasteiger partial charge in [0.25, 0.3) is 0 Å². The quantitative estimate of drug-likeness (QED) is 0.644. The number of ether oxygens (including phenoxy) is 1. The average molecular weight is 277 g/mol. The lowest BCUT2D eigenvalue weighted by Crippen LogP contribution is -2.54. The zero-order valence-electron chi connectivity index (χ0n) is 13.1. The van der Waals surface area contributed by atoms with Crippen LogP contribution < -0.4 is 11.3 Å². The van der Waals surface area contributed by atoms with Crippen LogP contribution in [0.2, 0.25) is 0 Å². The molecule has 1 aromatic carbocycles. The summed E-state index contributed by atoms with van der Waals surface area (Å²) in [6.07, 6.45) is 1.06. The molecule has 1 aliphatic rings. The van der Waals surface area contributed by atoms with Gasteiger partial charge in [-0.25, -0.2) is 0 Å². The van der Waals surface area contributed by atoms with E-state index in [9.17, 15) is 0 Å². The number of nitrogens with zero attached hydrogens (tertiary/aromatic N) is 1. The molecule has 1 fully saturated rings. The minimum absolute atomic E-state index is 0.151. The summed E-state index contributed by atoms with van der Waals surface area (Å²) in [6, 6.07) is 4.63. The van der Waals surface area contributed by atoms with Gasteiger partial charge in [0.15, 0.2) is 0 Å². The lowest BCUT2D eigenvalue weighted by Gasteiger charge is -2.35. The largest absolute Gasteiger partial charge is 0.374 e. The van der Waals surface area contributed by atoms with Gasteiger partial charge < -0.3 is 9.64 Å². The van der Waals surface area contributed by atoms with Crippen molar-refractivity contribution in [1.82, 2.24) is 10.3 Å². The Bertz CT molecular complexity index is 438. The van der Waals surface area contributed by atoms with Crippen molar-refractivity contribution in [3.8, 4) is 0 Å². The van der Waals surface area contributed by atoms with Gasteiger partial charge in [0, 0.05) is 13.1 Å². The Kier molecular flexibility index (Phi) is 5.16. The van der Waals surface area contributed by atoms with E-state index < -0.39 is 0 Å². The molecule has 2 unspecified atom stereocenters. The van der Waals surface area contributed by atoms with E-state index in [4.69, 9.17) is 10.6 Å². The number of benzene rings is 1. The average Bonchev–Trinajstić information content (AvgIpc) is 2.38. The molecule has 1 aromatic rings. The topological polar surface area (TPSA) is 50.5 Å². The van der Waals surface area contributed by atoms with Gasteiger partial charge in [-0.1, -0.05) is 17.7 Å². The van der Waals surface area contributed by atoms with Crippen LogP contribution in [0.5, 0.6) is 0 Å². The van der Waals surface area contributed by atoms with Gasteiger partial charge in [0.1, 0.15) is 0 Å². The van der Waals surface area contributed by atoms with Gasteiger partial charge in [-0.2, -0.15) is 0 Å². The van der Waals surface area contributed by atoms with E-state index in [2.05, 4.69) is 50.3 Å². The van der Waals surface area contributed by atoms with Crippen molar-refractivity contribution in [1.29, 1.82) is 0 Å². The summed E-state index contributed by atoms with van der Waals surface area (Å²) in [7, 11) is 2.13. The molecule has 3 N–H and O–H groups in total. The Labute approximate surface area is 122 Å². The van der Waals surface area contributed by atoms with Gasteiger partial charge in [0.05, 0.1) is 18.8 Å². The lowest BCUT2D eigenvalue weighted by molar-refractivity contribution is -0.0384. The summed E-state index contributed by atoms with van der Waals surface area (Å²) in [5, 5.41) is 0. The van der Waals surface area contributed by atoms with Crippen LogP contribution in [-0.4, -0.2) is 43.8 Å². The van der Waals surface area contributed by atoms with E-state index in [0.717, 1.165) is 26.1 Å². The van der Waals surface area contributed by atoms with Crippen molar-refractivity contribution in [3.05, 3.63) is 34.4 Å². The standard InChI is InChI=1S/C16H27N3O/c1-11-7-12(2)14(13(3)8-11)9-15(18-17)16-10-19(4)5-6-20-16/h7-8,15-16,18H,5-6,9-10,17H2,1-4H3. The lowest BCUT2D eigenvalue weighted by atomic mass is 9.92. The molecule has 4 heteroatoms. The number of rotatable bonds is 4. The third-order valence-electron chi connectivity index (χ3n) is 4.22. The summed E-state index contributed by atoms with van der Waals surface area (Å²) < 4.78 is 5.89. The Morgan fingerprint density at radius 2 is 2.00 bits per heavy atom. The molecule has 20 heavy (non-hydrogen) atoms. The second-order valence-electron chi connectivity index (χ2n) is 6.03. The number of hydrogen-bond donors (Lipinski definition) is 2. The van der Waals surface area contributed by atoms with E-state index in [-0.39, 0.29) is 12.1 Å². The highest BCUT2D eigenvalue weighted by Gasteiger charge is 2.27. The van der Waals surface area contributed by atoms with Crippen molar-refractivity contribution in [2.45, 2.75) is 39.3 Å². The maximum Gasteiger partial charge on any atom is 0.0871 e. The molecule has 0 bridgehead atoms. The van der Waals surface area contributed by atoms with Crippen LogP contribution in [0.15, 0.2) is 12.1 Å². The summed E-state index contributed by atoms with van der Waals surface area (Å²) in [4.78, 5) is 2.30. The smallest absolute Gasteiger partial charge is 0.0871 e. The first-order valence-corrected chi connectivity index (χ1v) is 7.34. The SMILES string of the molecule is Cc1cc(C)c(CC(NN)C2CN(C)CCO2)c(C)c1. The number of hydrazine groups is 1. The molecule has 0 radical (unpaired) electrons. The first-order valence-electron chi connectivity index (χ1n) is 7.34. The zero-order valence-corrected chi connectivity index (χ0v) is 13.1. The molecule has 1 saturated heterocycles. The highest BCUT2D eigenvalue weighted by molar-refractivity contribution is 5.38. The second-order valence-corrected chi connectivity index (χ2v) is 6.03. The first kappa shape index (κ1) is 15.4. The fourth-order valence-electron chi connectivity index (χ4n) is 3.10. The van der Waals surface area contributed by atoms with Crippen LogP contribution in [0.3, 0.4) is 0 Å². The Morgan fingerprint density at radius 1 is 1.35 bits per heavy atom. The number of likely N-dealkylation sites (N-methyl/N-ethyl adjacent to an activating group) is 1. The number of aryl methyl sites for hydroxylation is 3. The third kappa shape index (κ3) is 3.58. The maximum atomic E-state index is 5.89. The Hall–Kier alpha value is -0.940. The van der Waals surface area contributed by atoms with E-state index >= 15 is 0 Å². The van der Waals surface area contributed by atoms with Crippen LogP contribution in [0, 0.1) is 20.8 Å². The molecular weight excluding hydrogens is 250 g/mol. The molecule has 1 heterocycles.